The van der Waals surface area contributed by atoms with Gasteiger partial charge >= 0.3 is 0 Å². The zero-order valence-electron chi connectivity index (χ0n) is 12.8. The lowest BCUT2D eigenvalue weighted by Gasteiger charge is -2.11. The molecule has 1 aliphatic rings. The molecular weight excluding hydrogens is 304 g/mol. The molecule has 3 aromatic rings. The molecule has 1 aliphatic carbocycles. The van der Waals surface area contributed by atoms with Crippen LogP contribution in [0.15, 0.2) is 54.6 Å². The smallest absolute Gasteiger partial charge is 0.159 e. The third kappa shape index (κ3) is 2.99. The maximum atomic E-state index is 6.13. The number of benzene rings is 2. The first-order chi connectivity index (χ1) is 11.3. The lowest BCUT2D eigenvalue weighted by atomic mass is 10.0. The fourth-order valence-electron chi connectivity index (χ4n) is 3.20. The second-order valence-electron chi connectivity index (χ2n) is 5.95. The van der Waals surface area contributed by atoms with Crippen molar-refractivity contribution in [2.75, 3.05) is 0 Å². The summed E-state index contributed by atoms with van der Waals surface area (Å²) >= 11 is 6.13. The van der Waals surface area contributed by atoms with Gasteiger partial charge in [0.15, 0.2) is 5.82 Å². The third-order valence-electron chi connectivity index (χ3n) is 4.32. The van der Waals surface area contributed by atoms with E-state index in [0.717, 1.165) is 41.4 Å². The van der Waals surface area contributed by atoms with Crippen LogP contribution in [0.25, 0.3) is 11.4 Å². The van der Waals surface area contributed by atoms with Crippen LogP contribution in [0.3, 0.4) is 0 Å². The van der Waals surface area contributed by atoms with Crippen molar-refractivity contribution in [3.63, 3.8) is 0 Å². The highest BCUT2D eigenvalue weighted by atomic mass is 35.5. The number of rotatable bonds is 3. The predicted octanol–water partition coefficient (Wildman–Crippen LogP) is 4.88. The number of aryl methyl sites for hydroxylation is 1. The second-order valence-corrected chi connectivity index (χ2v) is 6.38. The lowest BCUT2D eigenvalue weighted by molar-refractivity contribution is 0.897. The summed E-state index contributed by atoms with van der Waals surface area (Å²) in [5.74, 6) is 0.791. The van der Waals surface area contributed by atoms with Gasteiger partial charge in [0, 0.05) is 22.7 Å². The highest BCUT2D eigenvalue weighted by Crippen LogP contribution is 2.28. The van der Waals surface area contributed by atoms with Crippen molar-refractivity contribution in [1.29, 1.82) is 0 Å². The molecule has 2 aromatic carbocycles. The van der Waals surface area contributed by atoms with Gasteiger partial charge in [0.1, 0.15) is 0 Å². The minimum atomic E-state index is 0.719. The van der Waals surface area contributed by atoms with Crippen LogP contribution in [0.4, 0.5) is 0 Å². The van der Waals surface area contributed by atoms with E-state index in [9.17, 15) is 0 Å². The van der Waals surface area contributed by atoms with Crippen LogP contribution in [0.1, 0.15) is 28.9 Å². The Morgan fingerprint density at radius 3 is 2.61 bits per heavy atom. The maximum absolute atomic E-state index is 6.13. The topological polar surface area (TPSA) is 25.8 Å². The van der Waals surface area contributed by atoms with Crippen LogP contribution < -0.4 is 0 Å². The third-order valence-corrected chi connectivity index (χ3v) is 4.55. The molecular formula is C20H17ClN2. The van der Waals surface area contributed by atoms with Crippen molar-refractivity contribution in [2.24, 2.45) is 0 Å². The van der Waals surface area contributed by atoms with Gasteiger partial charge < -0.3 is 0 Å². The van der Waals surface area contributed by atoms with Crippen molar-refractivity contribution in [1.82, 2.24) is 9.97 Å². The van der Waals surface area contributed by atoms with Crippen molar-refractivity contribution >= 4 is 11.6 Å². The summed E-state index contributed by atoms with van der Waals surface area (Å²) in [6.07, 6.45) is 4.17. The average molecular weight is 321 g/mol. The average Bonchev–Trinajstić information content (AvgIpc) is 3.05. The molecule has 0 aliphatic heterocycles. The summed E-state index contributed by atoms with van der Waals surface area (Å²) in [5.41, 5.74) is 5.99. The molecule has 23 heavy (non-hydrogen) atoms. The molecule has 0 fully saturated rings. The van der Waals surface area contributed by atoms with Crippen LogP contribution in [-0.4, -0.2) is 9.97 Å². The first-order valence-corrected chi connectivity index (χ1v) is 8.36. The van der Waals surface area contributed by atoms with Crippen molar-refractivity contribution in [3.8, 4) is 11.4 Å². The summed E-state index contributed by atoms with van der Waals surface area (Å²) in [6.45, 7) is 0. The van der Waals surface area contributed by atoms with E-state index in [2.05, 4.69) is 24.3 Å². The monoisotopic (exact) mass is 320 g/mol. The zero-order valence-corrected chi connectivity index (χ0v) is 13.6. The summed E-state index contributed by atoms with van der Waals surface area (Å²) in [7, 11) is 0. The Hall–Kier alpha value is -2.19. The molecule has 0 unspecified atom stereocenters. The Bertz CT molecular complexity index is 844. The molecule has 0 N–H and O–H groups in total. The zero-order chi connectivity index (χ0) is 15.6. The van der Waals surface area contributed by atoms with Gasteiger partial charge in [-0.15, -0.1) is 0 Å². The van der Waals surface area contributed by atoms with Crippen LogP contribution in [0.5, 0.6) is 0 Å². The standard InChI is InChI=1S/C20H17ClN2/c21-16-9-4-8-15(13-16)20-22-18-11-5-10-17(18)19(23-20)12-14-6-2-1-3-7-14/h1-4,6-9,13H,5,10-12H2. The number of hydrogen-bond donors (Lipinski definition) is 0. The fraction of sp³-hybridized carbons (Fsp3) is 0.200. The maximum Gasteiger partial charge on any atom is 0.159 e. The Morgan fingerprint density at radius 2 is 1.78 bits per heavy atom. The molecule has 0 atom stereocenters. The quantitative estimate of drug-likeness (QED) is 0.687. The summed E-state index contributed by atoms with van der Waals surface area (Å²) in [6, 6.07) is 18.3. The van der Waals surface area contributed by atoms with E-state index in [0.29, 0.717) is 0 Å². The minimum Gasteiger partial charge on any atom is -0.233 e. The SMILES string of the molecule is Clc1cccc(-c2nc3c(c(Cc4ccccc4)n2)CCC3)c1. The summed E-state index contributed by atoms with van der Waals surface area (Å²) < 4.78 is 0. The predicted molar refractivity (Wildman–Crippen MR) is 93.8 cm³/mol. The molecule has 4 rings (SSSR count). The highest BCUT2D eigenvalue weighted by Gasteiger charge is 2.20. The molecule has 114 valence electrons. The number of hydrogen-bond acceptors (Lipinski definition) is 2. The van der Waals surface area contributed by atoms with Gasteiger partial charge in [-0.2, -0.15) is 0 Å². The van der Waals surface area contributed by atoms with Gasteiger partial charge in [0.05, 0.1) is 5.69 Å². The second kappa shape index (κ2) is 6.13. The molecule has 1 aromatic heterocycles. The molecule has 0 amide bonds. The number of fused-ring (bicyclic) bond motifs is 1. The van der Waals surface area contributed by atoms with Crippen molar-refractivity contribution in [2.45, 2.75) is 25.7 Å². The molecule has 0 bridgehead atoms. The molecule has 0 saturated heterocycles. The van der Waals surface area contributed by atoms with Crippen LogP contribution in [0, 0.1) is 0 Å². The van der Waals surface area contributed by atoms with E-state index < -0.39 is 0 Å². The number of aromatic nitrogens is 2. The van der Waals surface area contributed by atoms with Gasteiger partial charge in [0.2, 0.25) is 0 Å². The molecule has 2 nitrogen and oxygen atoms in total. The Balaban J connectivity index is 1.79. The van der Waals surface area contributed by atoms with Gasteiger partial charge in [-0.3, -0.25) is 0 Å². The number of nitrogens with zero attached hydrogens (tertiary/aromatic N) is 2. The largest absolute Gasteiger partial charge is 0.233 e. The Kier molecular flexibility index (Phi) is 3.84. The van der Waals surface area contributed by atoms with Gasteiger partial charge in [-0.05, 0) is 42.5 Å². The molecule has 0 saturated carbocycles. The van der Waals surface area contributed by atoms with Crippen molar-refractivity contribution < 1.29 is 0 Å². The van der Waals surface area contributed by atoms with E-state index >= 15 is 0 Å². The Labute approximate surface area is 141 Å². The van der Waals surface area contributed by atoms with Crippen molar-refractivity contribution in [3.05, 3.63) is 82.1 Å². The van der Waals surface area contributed by atoms with E-state index in [4.69, 9.17) is 21.6 Å². The highest BCUT2D eigenvalue weighted by molar-refractivity contribution is 6.30. The molecule has 0 spiro atoms. The lowest BCUT2D eigenvalue weighted by Crippen LogP contribution is -2.04. The Morgan fingerprint density at radius 1 is 0.913 bits per heavy atom. The van der Waals surface area contributed by atoms with Crippen LogP contribution in [0.2, 0.25) is 5.02 Å². The van der Waals surface area contributed by atoms with Gasteiger partial charge in [0.25, 0.3) is 0 Å². The summed E-state index contributed by atoms with van der Waals surface area (Å²) in [4.78, 5) is 9.68. The van der Waals surface area contributed by atoms with Gasteiger partial charge in [-0.1, -0.05) is 54.1 Å². The molecule has 3 heteroatoms. The van der Waals surface area contributed by atoms with Gasteiger partial charge in [-0.25, -0.2) is 9.97 Å². The first kappa shape index (κ1) is 14.4. The normalized spacial score (nSPS) is 13.1. The van der Waals surface area contributed by atoms with E-state index in [1.165, 1.54) is 23.2 Å². The number of halogens is 1. The van der Waals surface area contributed by atoms with E-state index in [1.807, 2.05) is 30.3 Å². The van der Waals surface area contributed by atoms with E-state index in [-0.39, 0.29) is 0 Å². The van der Waals surface area contributed by atoms with Crippen LogP contribution >= 0.6 is 11.6 Å². The molecule has 0 radical (unpaired) electrons. The fourth-order valence-corrected chi connectivity index (χ4v) is 3.39. The first-order valence-electron chi connectivity index (χ1n) is 7.98. The van der Waals surface area contributed by atoms with E-state index in [1.54, 1.807) is 0 Å². The summed E-state index contributed by atoms with van der Waals surface area (Å²) in [5, 5.41) is 0.719. The molecule has 1 heterocycles. The van der Waals surface area contributed by atoms with Crippen LogP contribution in [-0.2, 0) is 19.3 Å². The minimum absolute atomic E-state index is 0.719.